The van der Waals surface area contributed by atoms with Gasteiger partial charge >= 0.3 is 6.09 Å². The number of hydrogen-bond acceptors (Lipinski definition) is 7. The number of hydrogen-bond donors (Lipinski definition) is 2. The van der Waals surface area contributed by atoms with Gasteiger partial charge in [-0.1, -0.05) is 6.07 Å². The summed E-state index contributed by atoms with van der Waals surface area (Å²) in [6.45, 7) is 2.25. The lowest BCUT2D eigenvalue weighted by Crippen LogP contribution is -2.37. The predicted octanol–water partition coefficient (Wildman–Crippen LogP) is 1.81. The van der Waals surface area contributed by atoms with Crippen LogP contribution < -0.4 is 19.7 Å². The number of carbonyl (C=O) groups is 2. The lowest BCUT2D eigenvalue weighted by Gasteiger charge is -2.18. The van der Waals surface area contributed by atoms with Crippen molar-refractivity contribution in [3.63, 3.8) is 0 Å². The zero-order valence-electron chi connectivity index (χ0n) is 16.1. The second kappa shape index (κ2) is 10.7. The average molecular weight is 442 g/mol. The van der Waals surface area contributed by atoms with Crippen molar-refractivity contribution in [2.75, 3.05) is 37.7 Å². The Morgan fingerprint density at radius 3 is 2.41 bits per heavy atom. The Hall–Kier alpha value is -2.79. The van der Waals surface area contributed by atoms with Gasteiger partial charge in [0.25, 0.3) is 15.9 Å². The Bertz CT molecular complexity index is 898. The number of nitrogens with zero attached hydrogens (tertiary/aromatic N) is 1. The molecule has 1 aromatic carbocycles. The Morgan fingerprint density at radius 1 is 1.10 bits per heavy atom. The van der Waals surface area contributed by atoms with Gasteiger partial charge in [0.15, 0.2) is 6.61 Å². The van der Waals surface area contributed by atoms with E-state index in [9.17, 15) is 18.0 Å². The minimum atomic E-state index is -3.60. The molecular weight excluding hydrogens is 418 g/mol. The molecule has 158 valence electrons. The molecule has 0 saturated carbocycles. The zero-order valence-corrected chi connectivity index (χ0v) is 17.7. The molecule has 0 aliphatic carbocycles. The van der Waals surface area contributed by atoms with E-state index in [1.54, 1.807) is 48.7 Å². The van der Waals surface area contributed by atoms with Crippen molar-refractivity contribution >= 4 is 39.0 Å². The van der Waals surface area contributed by atoms with Crippen LogP contribution in [0, 0.1) is 0 Å². The van der Waals surface area contributed by atoms with Crippen LogP contribution in [-0.2, 0) is 19.6 Å². The SMILES string of the molecule is CCOC(=O)NCCNC(=O)COc1ccc(N(C)S(=O)(=O)c2cccs2)cc1. The summed E-state index contributed by atoms with van der Waals surface area (Å²) in [5.41, 5.74) is 0.472. The molecule has 0 radical (unpaired) electrons. The van der Waals surface area contributed by atoms with Crippen LogP contribution in [0.5, 0.6) is 5.75 Å². The zero-order chi connectivity index (χ0) is 21.3. The van der Waals surface area contributed by atoms with Crippen molar-refractivity contribution in [3.8, 4) is 5.75 Å². The molecule has 0 unspecified atom stereocenters. The van der Waals surface area contributed by atoms with E-state index in [-0.39, 0.29) is 36.4 Å². The molecule has 29 heavy (non-hydrogen) atoms. The second-order valence-electron chi connectivity index (χ2n) is 5.68. The maximum atomic E-state index is 12.5. The first-order valence-corrected chi connectivity index (χ1v) is 11.1. The number of nitrogens with one attached hydrogen (secondary N) is 2. The van der Waals surface area contributed by atoms with Crippen molar-refractivity contribution in [1.29, 1.82) is 0 Å². The third kappa shape index (κ3) is 6.64. The Morgan fingerprint density at radius 2 is 1.79 bits per heavy atom. The van der Waals surface area contributed by atoms with Gasteiger partial charge < -0.3 is 20.1 Å². The molecule has 0 aliphatic rings. The van der Waals surface area contributed by atoms with Crippen LogP contribution in [0.15, 0.2) is 46.0 Å². The van der Waals surface area contributed by atoms with Gasteiger partial charge in [-0.15, -0.1) is 11.3 Å². The number of sulfonamides is 1. The topological polar surface area (TPSA) is 114 Å². The maximum Gasteiger partial charge on any atom is 0.407 e. The smallest absolute Gasteiger partial charge is 0.407 e. The van der Waals surface area contributed by atoms with Gasteiger partial charge in [-0.3, -0.25) is 9.10 Å². The summed E-state index contributed by atoms with van der Waals surface area (Å²) in [4.78, 5) is 22.8. The number of benzene rings is 1. The summed E-state index contributed by atoms with van der Waals surface area (Å²) in [5.74, 6) is 0.0765. The minimum absolute atomic E-state index is 0.206. The molecule has 2 rings (SSSR count). The molecule has 11 heteroatoms. The first-order chi connectivity index (χ1) is 13.8. The van der Waals surface area contributed by atoms with Crippen LogP contribution in [0.25, 0.3) is 0 Å². The Kier molecular flexibility index (Phi) is 8.28. The number of amides is 2. The van der Waals surface area contributed by atoms with Crippen molar-refractivity contribution < 1.29 is 27.5 Å². The molecule has 0 spiro atoms. The summed E-state index contributed by atoms with van der Waals surface area (Å²) in [5, 5.41) is 6.78. The van der Waals surface area contributed by atoms with Crippen LogP contribution in [-0.4, -0.2) is 53.8 Å². The largest absolute Gasteiger partial charge is 0.484 e. The fraction of sp³-hybridized carbons (Fsp3) is 0.333. The average Bonchev–Trinajstić information content (AvgIpc) is 3.25. The van der Waals surface area contributed by atoms with Gasteiger partial charge in [0.1, 0.15) is 9.96 Å². The molecule has 1 aromatic heterocycles. The Balaban J connectivity index is 1.79. The van der Waals surface area contributed by atoms with Crippen LogP contribution in [0.1, 0.15) is 6.92 Å². The van der Waals surface area contributed by atoms with Crippen molar-refractivity contribution in [2.45, 2.75) is 11.1 Å². The Labute approximate surface area is 173 Å². The molecule has 0 atom stereocenters. The standard InChI is InChI=1S/C18H23N3O6S2/c1-3-26-18(23)20-11-10-19-16(22)13-27-15-8-6-14(7-9-15)21(2)29(24,25)17-5-4-12-28-17/h4-9,12H,3,10-11,13H2,1-2H3,(H,19,22)(H,20,23). The van der Waals surface area contributed by atoms with E-state index in [1.807, 2.05) is 0 Å². The lowest BCUT2D eigenvalue weighted by atomic mass is 10.3. The fourth-order valence-corrected chi connectivity index (χ4v) is 4.54. The monoisotopic (exact) mass is 441 g/mol. The third-order valence-corrected chi connectivity index (χ3v) is 6.83. The first kappa shape index (κ1) is 22.5. The van der Waals surface area contributed by atoms with E-state index in [1.165, 1.54) is 11.4 Å². The number of alkyl carbamates (subject to hydrolysis) is 1. The number of thiophene rings is 1. The molecule has 0 fully saturated rings. The van der Waals surface area contributed by atoms with E-state index in [0.29, 0.717) is 11.4 Å². The molecule has 2 aromatic rings. The molecule has 9 nitrogen and oxygen atoms in total. The van der Waals surface area contributed by atoms with E-state index in [0.717, 1.165) is 11.3 Å². The predicted molar refractivity (Wildman–Crippen MR) is 110 cm³/mol. The maximum absolute atomic E-state index is 12.5. The van der Waals surface area contributed by atoms with Crippen LogP contribution >= 0.6 is 11.3 Å². The summed E-state index contributed by atoms with van der Waals surface area (Å²) >= 11 is 1.15. The fourth-order valence-electron chi connectivity index (χ4n) is 2.18. The molecule has 2 amide bonds. The lowest BCUT2D eigenvalue weighted by molar-refractivity contribution is -0.123. The normalized spacial score (nSPS) is 10.8. The molecular formula is C18H23N3O6S2. The molecule has 1 heterocycles. The van der Waals surface area contributed by atoms with E-state index in [2.05, 4.69) is 10.6 Å². The highest BCUT2D eigenvalue weighted by atomic mass is 32.2. The van der Waals surface area contributed by atoms with E-state index >= 15 is 0 Å². The van der Waals surface area contributed by atoms with E-state index in [4.69, 9.17) is 9.47 Å². The van der Waals surface area contributed by atoms with Crippen LogP contribution in [0.4, 0.5) is 10.5 Å². The van der Waals surface area contributed by atoms with Crippen molar-refractivity contribution in [3.05, 3.63) is 41.8 Å². The van der Waals surface area contributed by atoms with Crippen molar-refractivity contribution in [2.24, 2.45) is 0 Å². The summed E-state index contributed by atoms with van der Waals surface area (Å²) < 4.78 is 36.6. The number of carbonyl (C=O) groups excluding carboxylic acids is 2. The van der Waals surface area contributed by atoms with Gasteiger partial charge in [-0.05, 0) is 42.6 Å². The van der Waals surface area contributed by atoms with E-state index < -0.39 is 16.1 Å². The minimum Gasteiger partial charge on any atom is -0.484 e. The highest BCUT2D eigenvalue weighted by Crippen LogP contribution is 2.26. The number of ether oxygens (including phenoxy) is 2. The van der Waals surface area contributed by atoms with Crippen LogP contribution in [0.2, 0.25) is 0 Å². The molecule has 2 N–H and O–H groups in total. The molecule has 0 bridgehead atoms. The van der Waals surface area contributed by atoms with Gasteiger partial charge in [0.05, 0.1) is 12.3 Å². The first-order valence-electron chi connectivity index (χ1n) is 8.77. The second-order valence-corrected chi connectivity index (χ2v) is 8.83. The highest BCUT2D eigenvalue weighted by molar-refractivity contribution is 7.94. The van der Waals surface area contributed by atoms with Gasteiger partial charge in [-0.2, -0.15) is 0 Å². The van der Waals surface area contributed by atoms with Gasteiger partial charge in [0, 0.05) is 20.1 Å². The summed E-state index contributed by atoms with van der Waals surface area (Å²) in [6, 6.07) is 9.61. The summed E-state index contributed by atoms with van der Waals surface area (Å²) in [7, 11) is -2.13. The molecule has 0 saturated heterocycles. The molecule has 0 aliphatic heterocycles. The van der Waals surface area contributed by atoms with Gasteiger partial charge in [-0.25, -0.2) is 13.2 Å². The highest BCUT2D eigenvalue weighted by Gasteiger charge is 2.22. The quantitative estimate of drug-likeness (QED) is 0.544. The number of anilines is 1. The van der Waals surface area contributed by atoms with Gasteiger partial charge in [0.2, 0.25) is 0 Å². The van der Waals surface area contributed by atoms with Crippen molar-refractivity contribution in [1.82, 2.24) is 10.6 Å². The third-order valence-electron chi connectivity index (χ3n) is 3.67. The summed E-state index contributed by atoms with van der Waals surface area (Å²) in [6.07, 6.45) is -0.538. The van der Waals surface area contributed by atoms with Crippen LogP contribution in [0.3, 0.4) is 0 Å². The number of rotatable bonds is 10.